The number of amides is 1. The normalized spacial score (nSPS) is 11.2. The number of rotatable bonds is 7. The molecule has 0 spiro atoms. The van der Waals surface area contributed by atoms with Crippen molar-refractivity contribution in [2.45, 2.75) is 17.7 Å². The van der Waals surface area contributed by atoms with Crippen LogP contribution in [0.5, 0.6) is 5.75 Å². The van der Waals surface area contributed by atoms with Crippen LogP contribution in [0.3, 0.4) is 0 Å². The molecule has 0 atom stereocenters. The fourth-order valence-electron chi connectivity index (χ4n) is 2.46. The Labute approximate surface area is 162 Å². The molecule has 3 aromatic rings. The number of carbonyl (C=O) groups is 1. The minimum absolute atomic E-state index is 0.118. The summed E-state index contributed by atoms with van der Waals surface area (Å²) in [6.45, 7) is 0. The lowest BCUT2D eigenvalue weighted by atomic mass is 10.2. The molecule has 0 aliphatic carbocycles. The van der Waals surface area contributed by atoms with Crippen LogP contribution >= 0.6 is 0 Å². The number of methoxy groups -OCH3 is 1. The molecule has 2 aromatic carbocycles. The number of sulfone groups is 1. The number of nitrogens with zero attached hydrogens (tertiary/aromatic N) is 2. The second kappa shape index (κ2) is 8.22. The van der Waals surface area contributed by atoms with Crippen molar-refractivity contribution in [1.82, 2.24) is 10.1 Å². The van der Waals surface area contributed by atoms with E-state index in [1.807, 2.05) is 12.1 Å². The molecule has 1 amide bonds. The minimum Gasteiger partial charge on any atom is -0.497 e. The van der Waals surface area contributed by atoms with E-state index in [0.29, 0.717) is 17.4 Å². The van der Waals surface area contributed by atoms with Crippen LogP contribution in [0.15, 0.2) is 57.9 Å². The van der Waals surface area contributed by atoms with Gasteiger partial charge in [-0.05, 0) is 42.5 Å². The average molecular weight is 401 g/mol. The van der Waals surface area contributed by atoms with Gasteiger partial charge >= 0.3 is 0 Å². The maximum absolute atomic E-state index is 12.1. The summed E-state index contributed by atoms with van der Waals surface area (Å²) in [6.07, 6.45) is 1.50. The zero-order valence-corrected chi connectivity index (χ0v) is 16.2. The molecule has 0 radical (unpaired) electrons. The first-order chi connectivity index (χ1) is 13.3. The molecule has 8 nitrogen and oxygen atoms in total. The fraction of sp³-hybridized carbons (Fsp3) is 0.211. The molecule has 0 fully saturated rings. The van der Waals surface area contributed by atoms with E-state index in [0.717, 1.165) is 17.6 Å². The minimum atomic E-state index is -3.34. The van der Waals surface area contributed by atoms with Gasteiger partial charge in [-0.15, -0.1) is 0 Å². The van der Waals surface area contributed by atoms with Gasteiger partial charge in [0, 0.05) is 30.3 Å². The lowest BCUT2D eigenvalue weighted by Crippen LogP contribution is -2.12. The number of hydrogen-bond donors (Lipinski definition) is 1. The molecule has 146 valence electrons. The molecule has 1 N–H and O–H groups in total. The molecule has 0 saturated heterocycles. The van der Waals surface area contributed by atoms with E-state index < -0.39 is 9.84 Å². The van der Waals surface area contributed by atoms with E-state index in [2.05, 4.69) is 15.5 Å². The summed E-state index contributed by atoms with van der Waals surface area (Å²) in [5, 5.41) is 6.59. The van der Waals surface area contributed by atoms with Gasteiger partial charge in [-0.2, -0.15) is 4.98 Å². The van der Waals surface area contributed by atoms with Crippen LogP contribution < -0.4 is 10.1 Å². The van der Waals surface area contributed by atoms with Gasteiger partial charge in [0.2, 0.25) is 17.6 Å². The van der Waals surface area contributed by atoms with Gasteiger partial charge in [0.25, 0.3) is 0 Å². The topological polar surface area (TPSA) is 111 Å². The van der Waals surface area contributed by atoms with Crippen LogP contribution in [0.4, 0.5) is 5.69 Å². The molecule has 0 saturated carbocycles. The van der Waals surface area contributed by atoms with Crippen molar-refractivity contribution in [3.8, 4) is 17.1 Å². The van der Waals surface area contributed by atoms with Crippen molar-refractivity contribution in [2.24, 2.45) is 0 Å². The lowest BCUT2D eigenvalue weighted by Gasteiger charge is -2.06. The average Bonchev–Trinajstić information content (AvgIpc) is 3.15. The number of benzene rings is 2. The summed E-state index contributed by atoms with van der Waals surface area (Å²) in [6, 6.07) is 13.3. The SMILES string of the molecule is COc1ccc(-c2noc(CCC(=O)Nc3cccc(S(C)(=O)=O)c3)n2)cc1. The molecule has 0 aliphatic rings. The van der Waals surface area contributed by atoms with E-state index in [9.17, 15) is 13.2 Å². The van der Waals surface area contributed by atoms with Crippen molar-refractivity contribution < 1.29 is 22.5 Å². The Morgan fingerprint density at radius 2 is 1.93 bits per heavy atom. The maximum atomic E-state index is 12.1. The van der Waals surface area contributed by atoms with Crippen LogP contribution in [0.2, 0.25) is 0 Å². The number of aryl methyl sites for hydroxylation is 1. The summed E-state index contributed by atoms with van der Waals surface area (Å²) < 4.78 is 33.5. The third-order valence-electron chi connectivity index (χ3n) is 3.93. The predicted molar refractivity (Wildman–Crippen MR) is 103 cm³/mol. The van der Waals surface area contributed by atoms with Crippen molar-refractivity contribution >= 4 is 21.4 Å². The molecular formula is C19H19N3O5S. The quantitative estimate of drug-likeness (QED) is 0.648. The summed E-state index contributed by atoms with van der Waals surface area (Å²) in [7, 11) is -1.75. The number of ether oxygens (including phenoxy) is 1. The van der Waals surface area contributed by atoms with Crippen LogP contribution in [0.1, 0.15) is 12.3 Å². The van der Waals surface area contributed by atoms with E-state index in [4.69, 9.17) is 9.26 Å². The number of carbonyl (C=O) groups excluding carboxylic acids is 1. The Bertz CT molecular complexity index is 1070. The number of nitrogens with one attached hydrogen (secondary N) is 1. The predicted octanol–water partition coefficient (Wildman–Crippen LogP) is 2.72. The molecule has 1 aromatic heterocycles. The molecular weight excluding hydrogens is 382 g/mol. The van der Waals surface area contributed by atoms with E-state index in [1.54, 1.807) is 31.4 Å². The molecule has 0 unspecified atom stereocenters. The van der Waals surface area contributed by atoms with Crippen LogP contribution in [0, 0.1) is 0 Å². The van der Waals surface area contributed by atoms with E-state index >= 15 is 0 Å². The van der Waals surface area contributed by atoms with E-state index in [1.165, 1.54) is 12.1 Å². The summed E-state index contributed by atoms with van der Waals surface area (Å²) in [4.78, 5) is 16.6. The van der Waals surface area contributed by atoms with Gasteiger partial charge in [-0.3, -0.25) is 4.79 Å². The first-order valence-electron chi connectivity index (χ1n) is 8.42. The van der Waals surface area contributed by atoms with Crippen LogP contribution in [-0.4, -0.2) is 37.8 Å². The lowest BCUT2D eigenvalue weighted by molar-refractivity contribution is -0.116. The second-order valence-electron chi connectivity index (χ2n) is 6.09. The standard InChI is InChI=1S/C19H19N3O5S/c1-26-15-8-6-13(7-9-15)19-21-18(27-22-19)11-10-17(23)20-14-4-3-5-16(12-14)28(2,24)25/h3-9,12H,10-11H2,1-2H3,(H,20,23). The molecule has 3 rings (SSSR count). The monoisotopic (exact) mass is 401 g/mol. The smallest absolute Gasteiger partial charge is 0.227 e. The van der Waals surface area contributed by atoms with Gasteiger partial charge in [0.1, 0.15) is 5.75 Å². The first kappa shape index (κ1) is 19.6. The highest BCUT2D eigenvalue weighted by molar-refractivity contribution is 7.90. The van der Waals surface area contributed by atoms with Crippen LogP contribution in [0.25, 0.3) is 11.4 Å². The molecule has 0 bridgehead atoms. The molecule has 28 heavy (non-hydrogen) atoms. The highest BCUT2D eigenvalue weighted by atomic mass is 32.2. The summed E-state index contributed by atoms with van der Waals surface area (Å²) in [5.41, 5.74) is 1.19. The summed E-state index contributed by atoms with van der Waals surface area (Å²) >= 11 is 0. The second-order valence-corrected chi connectivity index (χ2v) is 8.10. The van der Waals surface area contributed by atoms with Crippen LogP contribution in [-0.2, 0) is 21.1 Å². The Morgan fingerprint density at radius 3 is 2.61 bits per heavy atom. The maximum Gasteiger partial charge on any atom is 0.227 e. The van der Waals surface area contributed by atoms with Gasteiger partial charge in [0.05, 0.1) is 12.0 Å². The van der Waals surface area contributed by atoms with Crippen molar-refractivity contribution in [2.75, 3.05) is 18.7 Å². The van der Waals surface area contributed by atoms with Gasteiger partial charge < -0.3 is 14.6 Å². The third kappa shape index (κ3) is 4.95. The van der Waals surface area contributed by atoms with Crippen molar-refractivity contribution in [3.05, 3.63) is 54.4 Å². The van der Waals surface area contributed by atoms with E-state index in [-0.39, 0.29) is 23.6 Å². The molecule has 1 heterocycles. The fourth-order valence-corrected chi connectivity index (χ4v) is 3.13. The van der Waals surface area contributed by atoms with Gasteiger partial charge in [0.15, 0.2) is 9.84 Å². The zero-order chi connectivity index (χ0) is 20.1. The Balaban J connectivity index is 1.59. The summed E-state index contributed by atoms with van der Waals surface area (Å²) in [5.74, 6) is 1.21. The number of hydrogen-bond acceptors (Lipinski definition) is 7. The van der Waals surface area contributed by atoms with Gasteiger partial charge in [-0.25, -0.2) is 8.42 Å². The number of anilines is 1. The largest absolute Gasteiger partial charge is 0.497 e. The highest BCUT2D eigenvalue weighted by Gasteiger charge is 2.12. The Hall–Kier alpha value is -3.20. The Kier molecular flexibility index (Phi) is 5.74. The molecule has 0 aliphatic heterocycles. The Morgan fingerprint density at radius 1 is 1.18 bits per heavy atom. The first-order valence-corrected chi connectivity index (χ1v) is 10.3. The third-order valence-corrected chi connectivity index (χ3v) is 5.04. The zero-order valence-electron chi connectivity index (χ0n) is 15.4. The highest BCUT2D eigenvalue weighted by Crippen LogP contribution is 2.20. The molecule has 9 heteroatoms. The van der Waals surface area contributed by atoms with Crippen molar-refractivity contribution in [3.63, 3.8) is 0 Å². The van der Waals surface area contributed by atoms with Gasteiger partial charge in [-0.1, -0.05) is 11.2 Å². The number of aromatic nitrogens is 2. The van der Waals surface area contributed by atoms with Crippen molar-refractivity contribution in [1.29, 1.82) is 0 Å².